The molecule has 1 N–H and O–H groups in total. The van der Waals surface area contributed by atoms with E-state index in [2.05, 4.69) is 30.9 Å². The van der Waals surface area contributed by atoms with Crippen LogP contribution in [0, 0.1) is 0 Å². The third kappa shape index (κ3) is 2.60. The predicted octanol–water partition coefficient (Wildman–Crippen LogP) is 4.22. The number of hydrogen-bond acceptors (Lipinski definition) is 4. The number of rotatable bonds is 3. The Kier molecular flexibility index (Phi) is 4.13. The molecule has 112 valence electrons. The van der Waals surface area contributed by atoms with Crippen LogP contribution in [-0.4, -0.2) is 27.5 Å². The fourth-order valence-corrected chi connectivity index (χ4v) is 2.75. The monoisotopic (exact) mass is 379 g/mol. The molecule has 0 aliphatic rings. The minimum Gasteiger partial charge on any atom is -0.461 e. The van der Waals surface area contributed by atoms with Crippen LogP contribution in [0.25, 0.3) is 22.2 Å². The summed E-state index contributed by atoms with van der Waals surface area (Å²) in [4.78, 5) is 23.7. The van der Waals surface area contributed by atoms with Crippen LogP contribution in [0.5, 0.6) is 0 Å². The molecule has 0 spiro atoms. The first-order chi connectivity index (χ1) is 10.6. The van der Waals surface area contributed by atoms with Gasteiger partial charge in [-0.3, -0.25) is 9.97 Å². The van der Waals surface area contributed by atoms with Crippen molar-refractivity contribution in [2.75, 3.05) is 6.61 Å². The van der Waals surface area contributed by atoms with Crippen LogP contribution < -0.4 is 0 Å². The zero-order chi connectivity index (χ0) is 15.7. The molecule has 0 saturated heterocycles. The molecule has 2 aromatic heterocycles. The van der Waals surface area contributed by atoms with E-state index in [0.29, 0.717) is 28.6 Å². The maximum Gasteiger partial charge on any atom is 0.355 e. The first-order valence-electron chi connectivity index (χ1n) is 6.56. The molecule has 0 aliphatic heterocycles. The number of carbonyl (C=O) groups excluding carboxylic acids is 1. The van der Waals surface area contributed by atoms with Gasteiger partial charge in [-0.2, -0.15) is 0 Å². The molecular weight excluding hydrogens is 370 g/mol. The number of ether oxygens (including phenoxy) is 1. The van der Waals surface area contributed by atoms with Gasteiger partial charge in [-0.1, -0.05) is 11.6 Å². The number of benzene rings is 1. The van der Waals surface area contributed by atoms with Crippen molar-refractivity contribution < 1.29 is 9.53 Å². The highest BCUT2D eigenvalue weighted by atomic mass is 79.9. The summed E-state index contributed by atoms with van der Waals surface area (Å²) in [7, 11) is 0. The Morgan fingerprint density at radius 3 is 2.91 bits per heavy atom. The smallest absolute Gasteiger partial charge is 0.355 e. The van der Waals surface area contributed by atoms with E-state index in [4.69, 9.17) is 16.3 Å². The maximum atomic E-state index is 12.2. The second-order valence-corrected chi connectivity index (χ2v) is 5.76. The molecule has 0 aliphatic carbocycles. The molecule has 0 saturated carbocycles. The summed E-state index contributed by atoms with van der Waals surface area (Å²) in [5.41, 5.74) is 2.32. The predicted molar refractivity (Wildman–Crippen MR) is 88.0 cm³/mol. The van der Waals surface area contributed by atoms with Crippen LogP contribution in [0.1, 0.15) is 17.4 Å². The average molecular weight is 381 g/mol. The molecule has 3 rings (SSSR count). The standard InChI is InChI=1S/C15H11BrClN3O2/c1-2-22-15(21)14-13(12-7-18-3-4-19-12)8-5-10(17)9(16)6-11(8)20-14/h3-7,20H,2H2,1H3. The number of carbonyl (C=O) groups is 1. The number of aromatic amines is 1. The fraction of sp³-hybridized carbons (Fsp3) is 0.133. The summed E-state index contributed by atoms with van der Waals surface area (Å²) in [6, 6.07) is 3.60. The van der Waals surface area contributed by atoms with Gasteiger partial charge in [-0.15, -0.1) is 0 Å². The number of hydrogen-bond donors (Lipinski definition) is 1. The minimum absolute atomic E-state index is 0.290. The van der Waals surface area contributed by atoms with E-state index < -0.39 is 5.97 Å². The van der Waals surface area contributed by atoms with Crippen LogP contribution in [0.15, 0.2) is 35.2 Å². The second-order valence-electron chi connectivity index (χ2n) is 4.50. The van der Waals surface area contributed by atoms with Crippen molar-refractivity contribution in [3.05, 3.63) is 45.9 Å². The SMILES string of the molecule is CCOC(=O)c1[nH]c2cc(Br)c(Cl)cc2c1-c1cnccn1. The van der Waals surface area contributed by atoms with Crippen LogP contribution >= 0.6 is 27.5 Å². The summed E-state index contributed by atoms with van der Waals surface area (Å²) in [6.45, 7) is 2.05. The highest BCUT2D eigenvalue weighted by Gasteiger charge is 2.22. The lowest BCUT2D eigenvalue weighted by Gasteiger charge is -2.04. The van der Waals surface area contributed by atoms with Crippen molar-refractivity contribution in [3.8, 4) is 11.3 Å². The van der Waals surface area contributed by atoms with Gasteiger partial charge in [-0.25, -0.2) is 4.79 Å². The Morgan fingerprint density at radius 2 is 2.23 bits per heavy atom. The molecule has 22 heavy (non-hydrogen) atoms. The number of esters is 1. The molecule has 0 atom stereocenters. The van der Waals surface area contributed by atoms with Crippen molar-refractivity contribution >= 4 is 44.4 Å². The molecule has 0 unspecified atom stereocenters. The Bertz CT molecular complexity index is 849. The van der Waals surface area contributed by atoms with Gasteiger partial charge in [0.2, 0.25) is 0 Å². The summed E-state index contributed by atoms with van der Waals surface area (Å²) in [5.74, 6) is -0.438. The lowest BCUT2D eigenvalue weighted by molar-refractivity contribution is 0.0521. The number of nitrogens with zero attached hydrogens (tertiary/aromatic N) is 2. The number of fused-ring (bicyclic) bond motifs is 1. The fourth-order valence-electron chi connectivity index (χ4n) is 2.24. The van der Waals surface area contributed by atoms with E-state index in [1.807, 2.05) is 6.07 Å². The highest BCUT2D eigenvalue weighted by Crippen LogP contribution is 2.36. The van der Waals surface area contributed by atoms with E-state index in [9.17, 15) is 4.79 Å². The van der Waals surface area contributed by atoms with Gasteiger partial charge >= 0.3 is 5.97 Å². The Morgan fingerprint density at radius 1 is 1.41 bits per heavy atom. The molecule has 0 amide bonds. The summed E-state index contributed by atoms with van der Waals surface area (Å²) >= 11 is 9.56. The number of H-pyrrole nitrogens is 1. The minimum atomic E-state index is -0.438. The number of halogens is 2. The van der Waals surface area contributed by atoms with Gasteiger partial charge in [0.05, 0.1) is 23.5 Å². The van der Waals surface area contributed by atoms with E-state index >= 15 is 0 Å². The average Bonchev–Trinajstić information content (AvgIpc) is 2.87. The molecule has 3 aromatic rings. The molecule has 0 bridgehead atoms. The second kappa shape index (κ2) is 6.06. The van der Waals surface area contributed by atoms with E-state index in [-0.39, 0.29) is 0 Å². The third-order valence-electron chi connectivity index (χ3n) is 3.14. The van der Waals surface area contributed by atoms with Crippen molar-refractivity contribution in [1.82, 2.24) is 15.0 Å². The van der Waals surface area contributed by atoms with Crippen molar-refractivity contribution in [2.45, 2.75) is 6.92 Å². The Hall–Kier alpha value is -1.92. The molecule has 0 fully saturated rings. The molecule has 2 heterocycles. The van der Waals surface area contributed by atoms with Gasteiger partial charge in [0, 0.05) is 33.3 Å². The topological polar surface area (TPSA) is 67.9 Å². The van der Waals surface area contributed by atoms with Crippen LogP contribution in [0.3, 0.4) is 0 Å². The zero-order valence-electron chi connectivity index (χ0n) is 11.6. The van der Waals surface area contributed by atoms with Gasteiger partial charge in [0.15, 0.2) is 0 Å². The maximum absolute atomic E-state index is 12.2. The molecule has 0 radical (unpaired) electrons. The summed E-state index contributed by atoms with van der Waals surface area (Å²) < 4.78 is 5.86. The quantitative estimate of drug-likeness (QED) is 0.691. The lowest BCUT2D eigenvalue weighted by atomic mass is 10.1. The van der Waals surface area contributed by atoms with Gasteiger partial charge < -0.3 is 9.72 Å². The largest absolute Gasteiger partial charge is 0.461 e. The van der Waals surface area contributed by atoms with Crippen LogP contribution in [0.4, 0.5) is 0 Å². The number of aromatic nitrogens is 3. The van der Waals surface area contributed by atoms with Crippen molar-refractivity contribution in [2.24, 2.45) is 0 Å². The van der Waals surface area contributed by atoms with Gasteiger partial charge in [0.25, 0.3) is 0 Å². The van der Waals surface area contributed by atoms with Gasteiger partial charge in [0.1, 0.15) is 5.69 Å². The molecule has 7 heteroatoms. The van der Waals surface area contributed by atoms with E-state index in [0.717, 1.165) is 15.4 Å². The van der Waals surface area contributed by atoms with Crippen LogP contribution in [0.2, 0.25) is 5.02 Å². The number of nitrogens with one attached hydrogen (secondary N) is 1. The van der Waals surface area contributed by atoms with Crippen molar-refractivity contribution in [3.63, 3.8) is 0 Å². The molecule has 1 aromatic carbocycles. The van der Waals surface area contributed by atoms with Crippen molar-refractivity contribution in [1.29, 1.82) is 0 Å². The zero-order valence-corrected chi connectivity index (χ0v) is 13.9. The first kappa shape index (κ1) is 15.0. The molecular formula is C15H11BrClN3O2. The van der Waals surface area contributed by atoms with E-state index in [1.165, 1.54) is 0 Å². The lowest BCUT2D eigenvalue weighted by Crippen LogP contribution is -2.06. The Balaban J connectivity index is 2.32. The Labute approximate surface area is 139 Å². The van der Waals surface area contributed by atoms with Gasteiger partial charge in [-0.05, 0) is 35.0 Å². The first-order valence-corrected chi connectivity index (χ1v) is 7.73. The summed E-state index contributed by atoms with van der Waals surface area (Å²) in [6.07, 6.45) is 4.75. The summed E-state index contributed by atoms with van der Waals surface area (Å²) in [5, 5.41) is 1.34. The third-order valence-corrected chi connectivity index (χ3v) is 4.34. The highest BCUT2D eigenvalue weighted by molar-refractivity contribution is 9.10. The molecule has 5 nitrogen and oxygen atoms in total. The van der Waals surface area contributed by atoms with Crippen LogP contribution in [-0.2, 0) is 4.74 Å². The normalized spacial score (nSPS) is 10.9. The van der Waals surface area contributed by atoms with E-state index in [1.54, 1.807) is 31.6 Å².